The van der Waals surface area contributed by atoms with Crippen molar-refractivity contribution in [1.82, 2.24) is 9.78 Å². The normalized spacial score (nSPS) is 10.7. The molecular formula is C13H12F2N2O. The number of aromatic nitrogens is 2. The zero-order valence-corrected chi connectivity index (χ0v) is 10.1. The van der Waals surface area contributed by atoms with Crippen molar-refractivity contribution >= 4 is 5.78 Å². The number of nitrogens with zero attached hydrogens (tertiary/aromatic N) is 2. The van der Waals surface area contributed by atoms with E-state index in [1.165, 1.54) is 10.9 Å². The van der Waals surface area contributed by atoms with Gasteiger partial charge in [-0.25, -0.2) is 8.78 Å². The van der Waals surface area contributed by atoms with Gasteiger partial charge in [-0.2, -0.15) is 5.10 Å². The fraction of sp³-hybridized carbons (Fsp3) is 0.231. The van der Waals surface area contributed by atoms with Crippen molar-refractivity contribution in [3.8, 4) is 0 Å². The highest BCUT2D eigenvalue weighted by Crippen LogP contribution is 2.17. The van der Waals surface area contributed by atoms with Crippen LogP contribution in [0.4, 0.5) is 8.78 Å². The summed E-state index contributed by atoms with van der Waals surface area (Å²) in [6.45, 7) is 1.85. The topological polar surface area (TPSA) is 34.9 Å². The highest BCUT2D eigenvalue weighted by molar-refractivity contribution is 6.09. The van der Waals surface area contributed by atoms with Crippen LogP contribution in [-0.2, 0) is 13.5 Å². The molecular weight excluding hydrogens is 238 g/mol. The number of ketones is 1. The van der Waals surface area contributed by atoms with E-state index >= 15 is 0 Å². The molecule has 0 spiro atoms. The van der Waals surface area contributed by atoms with Gasteiger partial charge in [-0.1, -0.05) is 6.92 Å². The van der Waals surface area contributed by atoms with Gasteiger partial charge in [0.15, 0.2) is 5.78 Å². The van der Waals surface area contributed by atoms with Gasteiger partial charge in [0.05, 0.1) is 16.8 Å². The summed E-state index contributed by atoms with van der Waals surface area (Å²) < 4.78 is 28.1. The highest BCUT2D eigenvalue weighted by atomic mass is 19.1. The van der Waals surface area contributed by atoms with E-state index in [1.807, 2.05) is 6.92 Å². The number of rotatable bonds is 3. The van der Waals surface area contributed by atoms with E-state index in [-0.39, 0.29) is 5.56 Å². The summed E-state index contributed by atoms with van der Waals surface area (Å²) in [5.74, 6) is -1.91. The molecule has 0 saturated heterocycles. The highest BCUT2D eigenvalue weighted by Gasteiger charge is 2.19. The van der Waals surface area contributed by atoms with Crippen molar-refractivity contribution in [2.75, 3.05) is 0 Å². The number of aryl methyl sites for hydroxylation is 2. The Bertz CT molecular complexity index is 605. The Morgan fingerprint density at radius 2 is 2.06 bits per heavy atom. The van der Waals surface area contributed by atoms with Crippen LogP contribution < -0.4 is 0 Å². The van der Waals surface area contributed by atoms with Crippen LogP contribution in [-0.4, -0.2) is 15.6 Å². The molecule has 3 nitrogen and oxygen atoms in total. The molecule has 0 aliphatic rings. The third kappa shape index (κ3) is 2.16. The van der Waals surface area contributed by atoms with Crippen LogP contribution in [0.2, 0.25) is 0 Å². The van der Waals surface area contributed by atoms with Gasteiger partial charge in [0.1, 0.15) is 11.6 Å². The minimum Gasteiger partial charge on any atom is -0.288 e. The molecule has 0 N–H and O–H groups in total. The molecule has 0 unspecified atom stereocenters. The zero-order chi connectivity index (χ0) is 13.3. The quantitative estimate of drug-likeness (QED) is 0.784. The molecule has 5 heteroatoms. The van der Waals surface area contributed by atoms with Gasteiger partial charge in [-0.3, -0.25) is 9.48 Å². The van der Waals surface area contributed by atoms with E-state index in [1.54, 1.807) is 7.05 Å². The maximum absolute atomic E-state index is 13.5. The summed E-state index contributed by atoms with van der Waals surface area (Å²) in [6.07, 6.45) is 2.07. The molecule has 1 aromatic heterocycles. The summed E-state index contributed by atoms with van der Waals surface area (Å²) >= 11 is 0. The molecule has 0 aliphatic carbocycles. The standard InChI is InChI=1S/C13H12F2N2O/c1-3-12-10(7-17(2)16-12)13(18)9-6-8(14)4-5-11(9)15/h4-7H,3H2,1-2H3. The van der Waals surface area contributed by atoms with Crippen molar-refractivity contribution in [2.45, 2.75) is 13.3 Å². The summed E-state index contributed by atoms with van der Waals surface area (Å²) in [5.41, 5.74) is 0.619. The average Bonchev–Trinajstić information content (AvgIpc) is 2.72. The maximum Gasteiger partial charge on any atom is 0.199 e. The molecule has 0 fully saturated rings. The summed E-state index contributed by atoms with van der Waals surface area (Å²) in [4.78, 5) is 12.2. The Morgan fingerprint density at radius 3 is 2.72 bits per heavy atom. The van der Waals surface area contributed by atoms with Crippen LogP contribution in [0.15, 0.2) is 24.4 Å². The fourth-order valence-electron chi connectivity index (χ4n) is 1.80. The number of carbonyl (C=O) groups is 1. The lowest BCUT2D eigenvalue weighted by Crippen LogP contribution is -2.06. The van der Waals surface area contributed by atoms with Gasteiger partial charge < -0.3 is 0 Å². The van der Waals surface area contributed by atoms with Crippen molar-refractivity contribution in [3.05, 3.63) is 52.9 Å². The Hall–Kier alpha value is -2.04. The van der Waals surface area contributed by atoms with Gasteiger partial charge in [-0.05, 0) is 24.6 Å². The van der Waals surface area contributed by atoms with E-state index in [4.69, 9.17) is 0 Å². The van der Waals surface area contributed by atoms with E-state index in [0.29, 0.717) is 17.7 Å². The number of hydrogen-bond donors (Lipinski definition) is 0. The number of carbonyl (C=O) groups excluding carboxylic acids is 1. The Balaban J connectivity index is 2.50. The Morgan fingerprint density at radius 1 is 1.33 bits per heavy atom. The third-order valence-corrected chi connectivity index (χ3v) is 2.66. The predicted octanol–water partition coefficient (Wildman–Crippen LogP) is 2.49. The molecule has 1 aromatic carbocycles. The lowest BCUT2D eigenvalue weighted by Gasteiger charge is -2.02. The number of halogens is 2. The fourth-order valence-corrected chi connectivity index (χ4v) is 1.80. The van der Waals surface area contributed by atoms with Crippen molar-refractivity contribution in [1.29, 1.82) is 0 Å². The molecule has 2 aromatic rings. The predicted molar refractivity (Wildman–Crippen MR) is 62.4 cm³/mol. The largest absolute Gasteiger partial charge is 0.288 e. The van der Waals surface area contributed by atoms with Gasteiger partial charge in [-0.15, -0.1) is 0 Å². The third-order valence-electron chi connectivity index (χ3n) is 2.66. The molecule has 0 atom stereocenters. The first-order chi connectivity index (χ1) is 8.52. The second-order valence-corrected chi connectivity index (χ2v) is 3.97. The number of hydrogen-bond acceptors (Lipinski definition) is 2. The van der Waals surface area contributed by atoms with Crippen LogP contribution in [0, 0.1) is 11.6 Å². The summed E-state index contributed by atoms with van der Waals surface area (Å²) in [6, 6.07) is 2.84. The van der Waals surface area contributed by atoms with Crippen LogP contribution in [0.25, 0.3) is 0 Å². The van der Waals surface area contributed by atoms with Gasteiger partial charge in [0, 0.05) is 13.2 Å². The molecule has 0 amide bonds. The molecule has 94 valence electrons. The lowest BCUT2D eigenvalue weighted by atomic mass is 10.0. The monoisotopic (exact) mass is 250 g/mol. The minimum absolute atomic E-state index is 0.266. The Kier molecular flexibility index (Phi) is 3.23. The molecule has 0 saturated carbocycles. The van der Waals surface area contributed by atoms with Crippen molar-refractivity contribution in [2.24, 2.45) is 7.05 Å². The second kappa shape index (κ2) is 4.68. The molecule has 2 rings (SSSR count). The lowest BCUT2D eigenvalue weighted by molar-refractivity contribution is 0.103. The average molecular weight is 250 g/mol. The van der Waals surface area contributed by atoms with Crippen LogP contribution in [0.1, 0.15) is 28.5 Å². The Labute approximate surface area is 103 Å². The molecule has 18 heavy (non-hydrogen) atoms. The van der Waals surface area contributed by atoms with Crippen LogP contribution >= 0.6 is 0 Å². The van der Waals surface area contributed by atoms with Crippen LogP contribution in [0.5, 0.6) is 0 Å². The minimum atomic E-state index is -0.729. The van der Waals surface area contributed by atoms with E-state index in [2.05, 4.69) is 5.10 Å². The molecule has 0 bridgehead atoms. The molecule has 0 aliphatic heterocycles. The first-order valence-corrected chi connectivity index (χ1v) is 5.55. The first kappa shape index (κ1) is 12.4. The van der Waals surface area contributed by atoms with Gasteiger partial charge in [0.2, 0.25) is 0 Å². The van der Waals surface area contributed by atoms with Crippen LogP contribution in [0.3, 0.4) is 0 Å². The summed E-state index contributed by atoms with van der Waals surface area (Å²) in [7, 11) is 1.68. The summed E-state index contributed by atoms with van der Waals surface area (Å²) in [5, 5.41) is 4.11. The van der Waals surface area contributed by atoms with E-state index in [9.17, 15) is 13.6 Å². The van der Waals surface area contributed by atoms with Crippen molar-refractivity contribution < 1.29 is 13.6 Å². The smallest absolute Gasteiger partial charge is 0.199 e. The molecule has 1 heterocycles. The number of benzene rings is 1. The van der Waals surface area contributed by atoms with E-state index in [0.717, 1.165) is 18.2 Å². The van der Waals surface area contributed by atoms with Gasteiger partial charge in [0.25, 0.3) is 0 Å². The van der Waals surface area contributed by atoms with E-state index < -0.39 is 17.4 Å². The first-order valence-electron chi connectivity index (χ1n) is 5.55. The second-order valence-electron chi connectivity index (χ2n) is 3.97. The molecule has 0 radical (unpaired) electrons. The zero-order valence-electron chi connectivity index (χ0n) is 10.1. The van der Waals surface area contributed by atoms with Gasteiger partial charge >= 0.3 is 0 Å². The SMILES string of the molecule is CCc1nn(C)cc1C(=O)c1cc(F)ccc1F. The maximum atomic E-state index is 13.5. The van der Waals surface area contributed by atoms with Crippen molar-refractivity contribution in [3.63, 3.8) is 0 Å².